The molecule has 0 fully saturated rings. The summed E-state index contributed by atoms with van der Waals surface area (Å²) in [7, 11) is 12.6. The quantitative estimate of drug-likeness (QED) is 0.0666. The third kappa shape index (κ3) is 5.47. The van der Waals surface area contributed by atoms with Gasteiger partial charge in [0.25, 0.3) is 0 Å². The molecule has 0 spiro atoms. The second-order valence-corrected chi connectivity index (χ2v) is 14.5. The number of aromatic carboxylic acids is 1. The predicted molar refractivity (Wildman–Crippen MR) is 222 cm³/mol. The van der Waals surface area contributed by atoms with Gasteiger partial charge in [0.15, 0.2) is 5.76 Å². The van der Waals surface area contributed by atoms with Gasteiger partial charge in [-0.1, -0.05) is 134 Å². The molecule has 1 aliphatic rings. The van der Waals surface area contributed by atoms with Crippen LogP contribution >= 0.6 is 0 Å². The van der Waals surface area contributed by atoms with Crippen molar-refractivity contribution >= 4 is 49.1 Å². The summed E-state index contributed by atoms with van der Waals surface area (Å²) in [4.78, 5) is 13.5. The Hall–Kier alpha value is -6.66. The number of hydrogen-bond donors (Lipinski definition) is 5. The fourth-order valence-electron chi connectivity index (χ4n) is 8.16. The van der Waals surface area contributed by atoms with E-state index in [0.717, 1.165) is 33.4 Å². The number of aromatic hydroxyl groups is 2. The van der Waals surface area contributed by atoms with E-state index in [9.17, 15) is 30.3 Å². The Kier molecular flexibility index (Phi) is 8.38. The van der Waals surface area contributed by atoms with Gasteiger partial charge in [-0.15, -0.1) is 0 Å². The molecule has 4 radical (unpaired) electrons. The van der Waals surface area contributed by atoms with Crippen molar-refractivity contribution in [2.75, 3.05) is 0 Å². The molecular formula is C47H34B2O6. The van der Waals surface area contributed by atoms with Gasteiger partial charge in [-0.05, 0) is 74.7 Å². The van der Waals surface area contributed by atoms with Crippen LogP contribution in [0, 0.1) is 0 Å². The summed E-state index contributed by atoms with van der Waals surface area (Å²) in [5.74, 6) is -3.81. The molecule has 1 aliphatic carbocycles. The maximum absolute atomic E-state index is 13.5. The number of hydrogen-bond acceptors (Lipinski definition) is 5. The molecule has 0 saturated carbocycles. The Labute approximate surface area is 321 Å². The number of benzene rings is 7. The number of rotatable bonds is 6. The molecule has 0 bridgehead atoms. The van der Waals surface area contributed by atoms with Crippen LogP contribution in [0.25, 0.3) is 72.2 Å². The Balaban J connectivity index is 1.44. The minimum absolute atomic E-state index is 0.0261. The molecule has 0 aliphatic heterocycles. The molecule has 264 valence electrons. The maximum Gasteiger partial charge on any atom is 0.337 e. The van der Waals surface area contributed by atoms with Crippen LogP contribution in [0.4, 0.5) is 0 Å². The number of carboxylic acid groups (broad SMARTS) is 1. The molecule has 8 heteroatoms. The Bertz CT molecular complexity index is 2760. The first-order chi connectivity index (χ1) is 26.3. The molecule has 0 saturated heterocycles. The zero-order valence-electron chi connectivity index (χ0n) is 30.3. The third-order valence-electron chi connectivity index (χ3n) is 10.9. The monoisotopic (exact) mass is 716 g/mol. The van der Waals surface area contributed by atoms with Gasteiger partial charge in [0, 0.05) is 32.9 Å². The summed E-state index contributed by atoms with van der Waals surface area (Å²) in [6.07, 6.45) is 0. The van der Waals surface area contributed by atoms with Gasteiger partial charge in [-0.25, -0.2) is 4.79 Å². The zero-order valence-corrected chi connectivity index (χ0v) is 30.3. The summed E-state index contributed by atoms with van der Waals surface area (Å²) in [5, 5.41) is 57.0. The molecule has 0 atom stereocenters. The van der Waals surface area contributed by atoms with Crippen LogP contribution in [-0.4, -0.2) is 47.2 Å². The Morgan fingerprint density at radius 1 is 0.527 bits per heavy atom. The van der Waals surface area contributed by atoms with Gasteiger partial charge in [0.1, 0.15) is 33.0 Å². The average molecular weight is 716 g/mol. The van der Waals surface area contributed by atoms with E-state index in [1.165, 1.54) is 18.1 Å². The normalized spacial score (nSPS) is 13.3. The van der Waals surface area contributed by atoms with E-state index in [-0.39, 0.29) is 43.8 Å². The van der Waals surface area contributed by atoms with Gasteiger partial charge in [0.05, 0.1) is 5.56 Å². The lowest BCUT2D eigenvalue weighted by molar-refractivity contribution is 0.0697. The second kappa shape index (κ2) is 13.0. The van der Waals surface area contributed by atoms with E-state index in [1.54, 1.807) is 36.4 Å². The number of phenolic OH excluding ortho intramolecular Hbond substituents is 2. The number of fused-ring (bicyclic) bond motifs is 4. The lowest BCUT2D eigenvalue weighted by atomic mass is 9.73. The molecule has 0 unspecified atom stereocenters. The number of carbonyl (C=O) groups is 1. The molecule has 0 aromatic heterocycles. The van der Waals surface area contributed by atoms with Crippen LogP contribution in [0.15, 0.2) is 127 Å². The molecule has 7 aromatic rings. The summed E-state index contributed by atoms with van der Waals surface area (Å²) < 4.78 is 0. The van der Waals surface area contributed by atoms with Crippen molar-refractivity contribution in [2.24, 2.45) is 0 Å². The number of aliphatic hydroxyl groups excluding tert-OH is 2. The van der Waals surface area contributed by atoms with Crippen LogP contribution in [-0.2, 0) is 5.41 Å². The third-order valence-corrected chi connectivity index (χ3v) is 10.9. The minimum atomic E-state index is -1.46. The lowest BCUT2D eigenvalue weighted by Gasteiger charge is -2.25. The molecule has 5 N–H and O–H groups in total. The SMILES string of the molecule is [B]c1c([B])c(O)c2c(-c3cccc(-c4ccc5c(c4)C(C)(C)c4ccccc4-5)c3)c(/C(O)=C(\C)O)c(C(=O)O)c(-c3ccc(-c4ccccc4)cc3)c2c1O. The Morgan fingerprint density at radius 2 is 1.02 bits per heavy atom. The molecule has 55 heavy (non-hydrogen) atoms. The predicted octanol–water partition coefficient (Wildman–Crippen LogP) is 9.32. The maximum atomic E-state index is 13.5. The van der Waals surface area contributed by atoms with Gasteiger partial charge in [-0.2, -0.15) is 0 Å². The molecule has 0 amide bonds. The first-order valence-electron chi connectivity index (χ1n) is 17.8. The smallest absolute Gasteiger partial charge is 0.337 e. The van der Waals surface area contributed by atoms with Gasteiger partial charge >= 0.3 is 5.97 Å². The van der Waals surface area contributed by atoms with Crippen molar-refractivity contribution in [3.63, 3.8) is 0 Å². The Morgan fingerprint density at radius 3 is 1.65 bits per heavy atom. The van der Waals surface area contributed by atoms with Crippen molar-refractivity contribution in [1.82, 2.24) is 0 Å². The zero-order chi connectivity index (χ0) is 38.9. The number of aliphatic hydroxyl groups is 2. The van der Waals surface area contributed by atoms with Crippen molar-refractivity contribution in [3.8, 4) is 67.1 Å². The molecule has 0 heterocycles. The van der Waals surface area contributed by atoms with E-state index in [1.807, 2.05) is 60.7 Å². The van der Waals surface area contributed by atoms with Gasteiger partial charge in [-0.3, -0.25) is 0 Å². The first kappa shape index (κ1) is 35.4. The average Bonchev–Trinajstić information content (AvgIpc) is 3.43. The summed E-state index contributed by atoms with van der Waals surface area (Å²) in [6.45, 7) is 5.62. The molecule has 6 nitrogen and oxygen atoms in total. The van der Waals surface area contributed by atoms with Crippen molar-refractivity contribution in [3.05, 3.63) is 149 Å². The standard InChI is InChI=1S/C47H34B2O6/c1-24(50)43(51)39-36(30-13-9-12-28(22-30)29-20-21-32-31-14-7-8-15-33(31)47(2,3)34(32)23-29)38-37(44(52)41(48)42(49)45(38)53)35(40(39)46(54)55)27-18-16-26(17-19-27)25-10-5-4-6-11-25/h4-23,50-53H,1-3H3,(H,54,55)/b43-24-. The van der Waals surface area contributed by atoms with Crippen LogP contribution in [0.2, 0.25) is 0 Å². The van der Waals surface area contributed by atoms with Crippen molar-refractivity contribution in [1.29, 1.82) is 0 Å². The minimum Gasteiger partial charge on any atom is -0.509 e. The highest BCUT2D eigenvalue weighted by molar-refractivity contribution is 6.53. The van der Waals surface area contributed by atoms with Crippen LogP contribution < -0.4 is 10.9 Å². The van der Waals surface area contributed by atoms with Crippen molar-refractivity contribution < 1.29 is 30.3 Å². The van der Waals surface area contributed by atoms with Gasteiger partial charge in [0.2, 0.25) is 0 Å². The second-order valence-electron chi connectivity index (χ2n) is 14.5. The summed E-state index contributed by atoms with van der Waals surface area (Å²) >= 11 is 0. The number of allylic oxidation sites excluding steroid dienone is 1. The highest BCUT2D eigenvalue weighted by Crippen LogP contribution is 2.52. The van der Waals surface area contributed by atoms with Crippen LogP contribution in [0.1, 0.15) is 47.8 Å². The number of carboxylic acids is 1. The first-order valence-corrected chi connectivity index (χ1v) is 17.8. The van der Waals surface area contributed by atoms with E-state index in [0.29, 0.717) is 11.1 Å². The van der Waals surface area contributed by atoms with Crippen LogP contribution in [0.5, 0.6) is 11.5 Å². The van der Waals surface area contributed by atoms with Crippen LogP contribution in [0.3, 0.4) is 0 Å². The van der Waals surface area contributed by atoms with E-state index < -0.39 is 34.6 Å². The van der Waals surface area contributed by atoms with Crippen molar-refractivity contribution in [2.45, 2.75) is 26.2 Å². The van der Waals surface area contributed by atoms with Gasteiger partial charge < -0.3 is 25.5 Å². The highest BCUT2D eigenvalue weighted by Gasteiger charge is 2.36. The fraction of sp³-hybridized carbons (Fsp3) is 0.0851. The molecule has 7 aromatic carbocycles. The van der Waals surface area contributed by atoms with E-state index in [2.05, 4.69) is 38.1 Å². The highest BCUT2D eigenvalue weighted by atomic mass is 16.4. The van der Waals surface area contributed by atoms with E-state index >= 15 is 0 Å². The topological polar surface area (TPSA) is 118 Å². The summed E-state index contributed by atoms with van der Waals surface area (Å²) in [6, 6.07) is 38.4. The number of phenols is 2. The largest absolute Gasteiger partial charge is 0.509 e. The van der Waals surface area contributed by atoms with E-state index in [4.69, 9.17) is 15.7 Å². The summed E-state index contributed by atoms with van der Waals surface area (Å²) in [5.41, 5.74) is 7.22. The molecule has 8 rings (SSSR count). The fourth-order valence-corrected chi connectivity index (χ4v) is 8.16. The molecular weight excluding hydrogens is 682 g/mol. The lowest BCUT2D eigenvalue weighted by Crippen LogP contribution is -2.27.